The van der Waals surface area contributed by atoms with Crippen LogP contribution in [0, 0.1) is 5.92 Å². The van der Waals surface area contributed by atoms with Gasteiger partial charge in [0.05, 0.1) is 0 Å². The molecule has 1 aliphatic heterocycles. The molecule has 0 amide bonds. The van der Waals surface area contributed by atoms with E-state index in [0.29, 0.717) is 6.04 Å². The van der Waals surface area contributed by atoms with Crippen LogP contribution < -0.4 is 10.6 Å². The van der Waals surface area contributed by atoms with Crippen LogP contribution in [0.25, 0.3) is 0 Å². The van der Waals surface area contributed by atoms with Crippen LogP contribution in [0.1, 0.15) is 23.8 Å². The normalized spacial score (nSPS) is 24.0. The lowest BCUT2D eigenvalue weighted by Crippen LogP contribution is -2.37. The molecule has 0 aliphatic carbocycles. The molecule has 1 fully saturated rings. The molecule has 2 heterocycles. The number of rotatable bonds is 3. The van der Waals surface area contributed by atoms with E-state index in [-0.39, 0.29) is 0 Å². The van der Waals surface area contributed by atoms with E-state index in [9.17, 15) is 0 Å². The van der Waals surface area contributed by atoms with Gasteiger partial charge in [0.15, 0.2) is 0 Å². The van der Waals surface area contributed by atoms with Crippen LogP contribution in [-0.4, -0.2) is 20.1 Å². The summed E-state index contributed by atoms with van der Waals surface area (Å²) in [6, 6.07) is 2.74. The van der Waals surface area contributed by atoms with Gasteiger partial charge in [0.2, 0.25) is 0 Å². The highest BCUT2D eigenvalue weighted by Gasteiger charge is 2.24. The Morgan fingerprint density at radius 1 is 1.67 bits per heavy atom. The first kappa shape index (κ1) is 11.6. The molecular formula is C11H17BrN2S. The Hall–Kier alpha value is 0.1000. The predicted molar refractivity (Wildman–Crippen MR) is 69.4 cm³/mol. The van der Waals surface area contributed by atoms with Crippen molar-refractivity contribution in [2.75, 3.05) is 20.1 Å². The summed E-state index contributed by atoms with van der Waals surface area (Å²) in [5.74, 6) is 0.731. The monoisotopic (exact) mass is 288 g/mol. The summed E-state index contributed by atoms with van der Waals surface area (Å²) in [4.78, 5) is 1.44. The van der Waals surface area contributed by atoms with Gasteiger partial charge in [-0.15, -0.1) is 11.3 Å². The van der Waals surface area contributed by atoms with Gasteiger partial charge in [0.1, 0.15) is 0 Å². The van der Waals surface area contributed by atoms with Gasteiger partial charge in [-0.3, -0.25) is 0 Å². The van der Waals surface area contributed by atoms with Crippen molar-refractivity contribution >= 4 is 27.3 Å². The molecule has 2 nitrogen and oxygen atoms in total. The average Bonchev–Trinajstić information content (AvgIpc) is 2.68. The zero-order chi connectivity index (χ0) is 10.7. The Kier molecular flexibility index (Phi) is 4.20. The highest BCUT2D eigenvalue weighted by molar-refractivity contribution is 9.10. The predicted octanol–water partition coefficient (Wildman–Crippen LogP) is 2.77. The van der Waals surface area contributed by atoms with Gasteiger partial charge in [-0.1, -0.05) is 0 Å². The average molecular weight is 289 g/mol. The third-order valence-electron chi connectivity index (χ3n) is 3.01. The third kappa shape index (κ3) is 2.81. The third-order valence-corrected chi connectivity index (χ3v) is 4.79. The van der Waals surface area contributed by atoms with Crippen molar-refractivity contribution in [1.82, 2.24) is 10.6 Å². The van der Waals surface area contributed by atoms with Crippen LogP contribution in [0.3, 0.4) is 0 Å². The number of halogens is 1. The number of nitrogens with one attached hydrogen (secondary N) is 2. The standard InChI is InChI=1S/C11H17BrN2S/c1-13-11(8-3-2-4-14-6-8)10-5-9(12)7-15-10/h5,7-8,11,13-14H,2-4,6H2,1H3. The Balaban J connectivity index is 2.08. The van der Waals surface area contributed by atoms with Crippen LogP contribution in [0.2, 0.25) is 0 Å². The van der Waals surface area contributed by atoms with Crippen molar-refractivity contribution < 1.29 is 0 Å². The number of hydrogen-bond donors (Lipinski definition) is 2. The molecule has 4 heteroatoms. The molecular weight excluding hydrogens is 272 g/mol. The molecule has 0 spiro atoms. The smallest absolute Gasteiger partial charge is 0.0453 e. The fourth-order valence-corrected chi connectivity index (χ4v) is 3.91. The Morgan fingerprint density at radius 2 is 2.53 bits per heavy atom. The van der Waals surface area contributed by atoms with Crippen LogP contribution in [0.15, 0.2) is 15.9 Å². The van der Waals surface area contributed by atoms with Crippen LogP contribution >= 0.6 is 27.3 Å². The van der Waals surface area contributed by atoms with E-state index in [1.807, 2.05) is 11.3 Å². The first-order chi connectivity index (χ1) is 7.31. The molecule has 84 valence electrons. The summed E-state index contributed by atoms with van der Waals surface area (Å²) in [5.41, 5.74) is 0. The minimum atomic E-state index is 0.508. The Morgan fingerprint density at radius 3 is 3.07 bits per heavy atom. The summed E-state index contributed by atoms with van der Waals surface area (Å²) in [7, 11) is 2.06. The van der Waals surface area contributed by atoms with Crippen molar-refractivity contribution in [2.45, 2.75) is 18.9 Å². The molecule has 2 unspecified atom stereocenters. The number of thiophene rings is 1. The number of hydrogen-bond acceptors (Lipinski definition) is 3. The zero-order valence-electron chi connectivity index (χ0n) is 8.92. The van der Waals surface area contributed by atoms with Crippen LogP contribution in [0.5, 0.6) is 0 Å². The lowest BCUT2D eigenvalue weighted by Gasteiger charge is -2.29. The molecule has 1 aromatic heterocycles. The number of piperidine rings is 1. The molecule has 1 aliphatic rings. The van der Waals surface area contributed by atoms with Gasteiger partial charge >= 0.3 is 0 Å². The summed E-state index contributed by atoms with van der Waals surface area (Å²) in [5, 5.41) is 9.09. The van der Waals surface area contributed by atoms with E-state index >= 15 is 0 Å². The van der Waals surface area contributed by atoms with E-state index in [2.05, 4.69) is 45.1 Å². The van der Waals surface area contributed by atoms with E-state index in [4.69, 9.17) is 0 Å². The quantitative estimate of drug-likeness (QED) is 0.894. The van der Waals surface area contributed by atoms with Gasteiger partial charge < -0.3 is 10.6 Å². The minimum Gasteiger partial charge on any atom is -0.316 e. The summed E-state index contributed by atoms with van der Waals surface area (Å²) in [6.45, 7) is 2.32. The van der Waals surface area contributed by atoms with Gasteiger partial charge in [-0.25, -0.2) is 0 Å². The van der Waals surface area contributed by atoms with Gasteiger partial charge in [-0.2, -0.15) is 0 Å². The first-order valence-corrected chi connectivity index (χ1v) is 7.10. The lowest BCUT2D eigenvalue weighted by atomic mass is 9.91. The van der Waals surface area contributed by atoms with Crippen molar-refractivity contribution in [2.24, 2.45) is 5.92 Å². The summed E-state index contributed by atoms with van der Waals surface area (Å²) >= 11 is 5.36. The summed E-state index contributed by atoms with van der Waals surface area (Å²) in [6.07, 6.45) is 2.63. The molecule has 15 heavy (non-hydrogen) atoms. The molecule has 0 aromatic carbocycles. The Bertz CT molecular complexity index is 307. The first-order valence-electron chi connectivity index (χ1n) is 5.43. The minimum absolute atomic E-state index is 0.508. The van der Waals surface area contributed by atoms with Gasteiger partial charge in [0, 0.05) is 20.8 Å². The second-order valence-electron chi connectivity index (χ2n) is 4.04. The molecule has 2 atom stereocenters. The van der Waals surface area contributed by atoms with Crippen LogP contribution in [-0.2, 0) is 0 Å². The fourth-order valence-electron chi connectivity index (χ4n) is 2.26. The largest absolute Gasteiger partial charge is 0.316 e. The van der Waals surface area contributed by atoms with Crippen molar-refractivity contribution in [3.8, 4) is 0 Å². The highest BCUT2D eigenvalue weighted by Crippen LogP contribution is 2.32. The molecule has 0 radical (unpaired) electrons. The zero-order valence-corrected chi connectivity index (χ0v) is 11.3. The maximum absolute atomic E-state index is 3.52. The molecule has 2 N–H and O–H groups in total. The van der Waals surface area contributed by atoms with E-state index < -0.39 is 0 Å². The van der Waals surface area contributed by atoms with Gasteiger partial charge in [0.25, 0.3) is 0 Å². The van der Waals surface area contributed by atoms with Gasteiger partial charge in [-0.05, 0) is 60.9 Å². The fraction of sp³-hybridized carbons (Fsp3) is 0.636. The molecule has 0 bridgehead atoms. The molecule has 1 aromatic rings. The van der Waals surface area contributed by atoms with E-state index in [1.54, 1.807) is 0 Å². The summed E-state index contributed by atoms with van der Waals surface area (Å²) < 4.78 is 1.20. The second kappa shape index (κ2) is 5.43. The van der Waals surface area contributed by atoms with Crippen molar-refractivity contribution in [3.05, 3.63) is 20.8 Å². The SMILES string of the molecule is CNC(c1cc(Br)cs1)C1CCCNC1. The van der Waals surface area contributed by atoms with Crippen molar-refractivity contribution in [1.29, 1.82) is 0 Å². The molecule has 0 saturated carbocycles. The molecule has 1 saturated heterocycles. The van der Waals surface area contributed by atoms with Crippen LogP contribution in [0.4, 0.5) is 0 Å². The van der Waals surface area contributed by atoms with E-state index in [1.165, 1.54) is 28.7 Å². The highest BCUT2D eigenvalue weighted by atomic mass is 79.9. The topological polar surface area (TPSA) is 24.1 Å². The van der Waals surface area contributed by atoms with Crippen molar-refractivity contribution in [3.63, 3.8) is 0 Å². The molecule has 2 rings (SSSR count). The Labute approximate surface area is 104 Å². The van der Waals surface area contributed by atoms with E-state index in [0.717, 1.165) is 12.5 Å². The second-order valence-corrected chi connectivity index (χ2v) is 5.90. The maximum atomic E-state index is 3.52. The lowest BCUT2D eigenvalue weighted by molar-refractivity contribution is 0.301. The maximum Gasteiger partial charge on any atom is 0.0453 e.